The Morgan fingerprint density at radius 3 is 2.67 bits per heavy atom. The number of furan rings is 1. The molecule has 15 heavy (non-hydrogen) atoms. The van der Waals surface area contributed by atoms with Gasteiger partial charge in [0.25, 0.3) is 0 Å². The second kappa shape index (κ2) is 4.69. The molecule has 1 N–H and O–H groups in total. The molecule has 0 aliphatic rings. The van der Waals surface area contributed by atoms with E-state index >= 15 is 0 Å². The zero-order chi connectivity index (χ0) is 10.5. The first-order chi connectivity index (χ1) is 7.40. The number of anilines is 1. The fourth-order valence-electron chi connectivity index (χ4n) is 1.59. The minimum Gasteiger partial charge on any atom is -0.469 e. The Bertz CT molecular complexity index is 405. The number of para-hydroxylation sites is 1. The van der Waals surface area contributed by atoms with Gasteiger partial charge in [-0.25, -0.2) is 0 Å². The zero-order valence-electron chi connectivity index (χ0n) is 8.86. The van der Waals surface area contributed by atoms with Crippen molar-refractivity contribution in [2.24, 2.45) is 0 Å². The molecule has 2 aromatic rings. The quantitative estimate of drug-likeness (QED) is 0.819. The first-order valence-corrected chi connectivity index (χ1v) is 5.24. The maximum atomic E-state index is 5.36. The molecule has 1 aromatic carbocycles. The summed E-state index contributed by atoms with van der Waals surface area (Å²) in [6.45, 7) is 2.93. The molecule has 0 saturated heterocycles. The van der Waals surface area contributed by atoms with E-state index in [1.54, 1.807) is 6.26 Å². The number of nitrogens with one attached hydrogen (secondary N) is 1. The van der Waals surface area contributed by atoms with Crippen LogP contribution < -0.4 is 5.32 Å². The zero-order valence-corrected chi connectivity index (χ0v) is 8.86. The van der Waals surface area contributed by atoms with Crippen LogP contribution in [0.15, 0.2) is 47.1 Å². The molecule has 0 saturated carbocycles. The van der Waals surface area contributed by atoms with Crippen molar-refractivity contribution >= 4 is 5.69 Å². The third-order valence-corrected chi connectivity index (χ3v) is 2.42. The largest absolute Gasteiger partial charge is 0.469 e. The molecule has 1 heterocycles. The van der Waals surface area contributed by atoms with Gasteiger partial charge in [-0.2, -0.15) is 0 Å². The maximum Gasteiger partial charge on any atom is 0.108 e. The standard InChI is InChI=1S/C13H15NO/c1-2-13-11(8-9-15-13)10-14-12-6-4-3-5-7-12/h3-9,14H,2,10H2,1H3. The molecule has 2 rings (SSSR count). The van der Waals surface area contributed by atoms with Crippen molar-refractivity contribution in [3.8, 4) is 0 Å². The summed E-state index contributed by atoms with van der Waals surface area (Å²) in [5, 5.41) is 3.36. The third kappa shape index (κ3) is 2.40. The van der Waals surface area contributed by atoms with E-state index in [4.69, 9.17) is 4.42 Å². The molecule has 0 aliphatic heterocycles. The second-order valence-corrected chi connectivity index (χ2v) is 3.44. The predicted molar refractivity (Wildman–Crippen MR) is 61.9 cm³/mol. The Labute approximate surface area is 89.9 Å². The fourth-order valence-corrected chi connectivity index (χ4v) is 1.59. The van der Waals surface area contributed by atoms with Gasteiger partial charge in [0, 0.05) is 24.2 Å². The summed E-state index contributed by atoms with van der Waals surface area (Å²) >= 11 is 0. The molecule has 0 radical (unpaired) electrons. The van der Waals surface area contributed by atoms with Crippen molar-refractivity contribution < 1.29 is 4.42 Å². The van der Waals surface area contributed by atoms with E-state index in [2.05, 4.69) is 24.4 Å². The van der Waals surface area contributed by atoms with Crippen LogP contribution in [0.3, 0.4) is 0 Å². The molecule has 78 valence electrons. The normalized spacial score (nSPS) is 10.2. The van der Waals surface area contributed by atoms with E-state index in [0.29, 0.717) is 0 Å². The van der Waals surface area contributed by atoms with Crippen LogP contribution in [0.5, 0.6) is 0 Å². The van der Waals surface area contributed by atoms with Gasteiger partial charge >= 0.3 is 0 Å². The maximum absolute atomic E-state index is 5.36. The summed E-state index contributed by atoms with van der Waals surface area (Å²) < 4.78 is 5.36. The first-order valence-electron chi connectivity index (χ1n) is 5.24. The van der Waals surface area contributed by atoms with Crippen LogP contribution in [0, 0.1) is 0 Å². The van der Waals surface area contributed by atoms with Crippen molar-refractivity contribution in [2.75, 3.05) is 5.32 Å². The lowest BCUT2D eigenvalue weighted by Crippen LogP contribution is -1.99. The monoisotopic (exact) mass is 201 g/mol. The Morgan fingerprint density at radius 1 is 1.13 bits per heavy atom. The van der Waals surface area contributed by atoms with E-state index in [-0.39, 0.29) is 0 Å². The van der Waals surface area contributed by atoms with E-state index < -0.39 is 0 Å². The van der Waals surface area contributed by atoms with Gasteiger partial charge < -0.3 is 9.73 Å². The van der Waals surface area contributed by atoms with Crippen molar-refractivity contribution in [3.05, 3.63) is 54.0 Å². The summed E-state index contributed by atoms with van der Waals surface area (Å²) in [5.74, 6) is 1.07. The summed E-state index contributed by atoms with van der Waals surface area (Å²) in [7, 11) is 0. The Hall–Kier alpha value is -1.70. The summed E-state index contributed by atoms with van der Waals surface area (Å²) in [6.07, 6.45) is 2.69. The van der Waals surface area contributed by atoms with Crippen LogP contribution >= 0.6 is 0 Å². The lowest BCUT2D eigenvalue weighted by molar-refractivity contribution is 0.512. The van der Waals surface area contributed by atoms with Gasteiger partial charge in [-0.15, -0.1) is 0 Å². The smallest absolute Gasteiger partial charge is 0.108 e. The second-order valence-electron chi connectivity index (χ2n) is 3.44. The van der Waals surface area contributed by atoms with Gasteiger partial charge in [-0.3, -0.25) is 0 Å². The first kappa shape index (κ1) is 9.84. The number of hydrogen-bond donors (Lipinski definition) is 1. The number of hydrogen-bond acceptors (Lipinski definition) is 2. The van der Waals surface area contributed by atoms with Crippen molar-refractivity contribution in [3.63, 3.8) is 0 Å². The van der Waals surface area contributed by atoms with Crippen molar-refractivity contribution in [2.45, 2.75) is 19.9 Å². The molecule has 0 fully saturated rings. The highest BCUT2D eigenvalue weighted by molar-refractivity contribution is 5.43. The lowest BCUT2D eigenvalue weighted by atomic mass is 10.2. The Kier molecular flexibility index (Phi) is 3.08. The van der Waals surface area contributed by atoms with Crippen molar-refractivity contribution in [1.82, 2.24) is 0 Å². The van der Waals surface area contributed by atoms with Gasteiger partial charge in [0.1, 0.15) is 5.76 Å². The highest BCUT2D eigenvalue weighted by Gasteiger charge is 2.02. The summed E-state index contributed by atoms with van der Waals surface area (Å²) in [6, 6.07) is 12.2. The fraction of sp³-hybridized carbons (Fsp3) is 0.231. The van der Waals surface area contributed by atoms with Crippen LogP contribution in [0.2, 0.25) is 0 Å². The number of aryl methyl sites for hydroxylation is 1. The predicted octanol–water partition coefficient (Wildman–Crippen LogP) is 3.45. The average Bonchev–Trinajstić information content (AvgIpc) is 2.75. The van der Waals surface area contributed by atoms with Crippen LogP contribution in [-0.2, 0) is 13.0 Å². The Balaban J connectivity index is 1.99. The third-order valence-electron chi connectivity index (χ3n) is 2.42. The summed E-state index contributed by atoms with van der Waals surface area (Å²) in [5.41, 5.74) is 2.38. The van der Waals surface area contributed by atoms with Gasteiger partial charge in [-0.1, -0.05) is 25.1 Å². The molecule has 2 nitrogen and oxygen atoms in total. The van der Waals surface area contributed by atoms with Crippen LogP contribution in [0.1, 0.15) is 18.2 Å². The molecule has 1 aromatic heterocycles. The minimum absolute atomic E-state index is 0.823. The molecule has 2 heteroatoms. The van der Waals surface area contributed by atoms with Crippen LogP contribution in [0.4, 0.5) is 5.69 Å². The highest BCUT2D eigenvalue weighted by atomic mass is 16.3. The van der Waals surface area contributed by atoms with E-state index in [1.807, 2.05) is 24.3 Å². The molecular formula is C13H15NO. The SMILES string of the molecule is CCc1occc1CNc1ccccc1. The van der Waals surface area contributed by atoms with Crippen LogP contribution in [-0.4, -0.2) is 0 Å². The summed E-state index contributed by atoms with van der Waals surface area (Å²) in [4.78, 5) is 0. The molecular weight excluding hydrogens is 186 g/mol. The van der Waals surface area contributed by atoms with Crippen molar-refractivity contribution in [1.29, 1.82) is 0 Å². The van der Waals surface area contributed by atoms with Gasteiger partial charge in [0.2, 0.25) is 0 Å². The van der Waals surface area contributed by atoms with E-state index in [1.165, 1.54) is 5.56 Å². The van der Waals surface area contributed by atoms with Gasteiger partial charge in [0.15, 0.2) is 0 Å². The average molecular weight is 201 g/mol. The molecule has 0 atom stereocenters. The topological polar surface area (TPSA) is 25.2 Å². The number of benzene rings is 1. The molecule has 0 unspecified atom stereocenters. The van der Waals surface area contributed by atoms with E-state index in [9.17, 15) is 0 Å². The molecule has 0 aliphatic carbocycles. The molecule has 0 bridgehead atoms. The van der Waals surface area contributed by atoms with Gasteiger partial charge in [-0.05, 0) is 18.2 Å². The molecule has 0 spiro atoms. The highest BCUT2D eigenvalue weighted by Crippen LogP contribution is 2.13. The molecule has 0 amide bonds. The van der Waals surface area contributed by atoms with E-state index in [0.717, 1.165) is 24.4 Å². The van der Waals surface area contributed by atoms with Gasteiger partial charge in [0.05, 0.1) is 6.26 Å². The minimum atomic E-state index is 0.823. The lowest BCUT2D eigenvalue weighted by Gasteiger charge is -2.05. The number of rotatable bonds is 4. The Morgan fingerprint density at radius 2 is 1.93 bits per heavy atom. The van der Waals surface area contributed by atoms with Crippen LogP contribution in [0.25, 0.3) is 0 Å².